The zero-order valence-corrected chi connectivity index (χ0v) is 21.2. The van der Waals surface area contributed by atoms with Gasteiger partial charge < -0.3 is 9.53 Å². The van der Waals surface area contributed by atoms with Crippen molar-refractivity contribution in [2.24, 2.45) is 0 Å². The third-order valence-corrected chi connectivity index (χ3v) is 11.8. The SMILES string of the molecule is CC(C)(C)[Si](C)(C)O/C(=C/CCCCCSc1nc(-c2ccccc2)cs1)C(=O)O. The van der Waals surface area contributed by atoms with Gasteiger partial charge in [0.1, 0.15) is 0 Å². The highest BCUT2D eigenvalue weighted by atomic mass is 32.2. The average molecular weight is 464 g/mol. The number of carboxylic acid groups (broad SMARTS) is 1. The van der Waals surface area contributed by atoms with Gasteiger partial charge in [0.25, 0.3) is 8.32 Å². The van der Waals surface area contributed by atoms with E-state index >= 15 is 0 Å². The van der Waals surface area contributed by atoms with E-state index in [-0.39, 0.29) is 10.8 Å². The van der Waals surface area contributed by atoms with Crippen LogP contribution in [-0.4, -0.2) is 30.1 Å². The van der Waals surface area contributed by atoms with Crippen molar-refractivity contribution in [1.82, 2.24) is 4.98 Å². The van der Waals surface area contributed by atoms with Crippen molar-refractivity contribution < 1.29 is 14.3 Å². The Bertz CT molecular complexity index is 842. The molecule has 0 fully saturated rings. The van der Waals surface area contributed by atoms with Gasteiger partial charge in [-0.2, -0.15) is 0 Å². The molecule has 0 atom stereocenters. The number of benzene rings is 1. The summed E-state index contributed by atoms with van der Waals surface area (Å²) >= 11 is 3.49. The summed E-state index contributed by atoms with van der Waals surface area (Å²) in [7, 11) is -2.13. The quantitative estimate of drug-likeness (QED) is 0.123. The zero-order valence-electron chi connectivity index (χ0n) is 18.6. The molecule has 164 valence electrons. The molecule has 0 aliphatic carbocycles. The Morgan fingerprint density at radius 2 is 1.90 bits per heavy atom. The number of thiazole rings is 1. The van der Waals surface area contributed by atoms with Crippen molar-refractivity contribution in [1.29, 1.82) is 0 Å². The molecular formula is C23H33NO3S2Si. The zero-order chi connectivity index (χ0) is 22.2. The standard InChI is InChI=1S/C23H33NO3S2Si/c1-23(2,3)30(4,5)27-20(21(25)26)15-11-6-7-12-16-28-22-24-19(17-29-22)18-13-9-8-10-14-18/h8-10,13-15,17H,6-7,11-12,16H2,1-5H3,(H,25,26)/b20-15+. The van der Waals surface area contributed by atoms with Gasteiger partial charge >= 0.3 is 5.97 Å². The van der Waals surface area contributed by atoms with Crippen LogP contribution < -0.4 is 0 Å². The number of nitrogens with zero attached hydrogens (tertiary/aromatic N) is 1. The second-order valence-electron chi connectivity index (χ2n) is 8.80. The molecule has 0 spiro atoms. The molecule has 0 radical (unpaired) electrons. The molecule has 0 aliphatic rings. The normalized spacial score (nSPS) is 12.8. The summed E-state index contributed by atoms with van der Waals surface area (Å²) in [6, 6.07) is 10.2. The Hall–Kier alpha value is -1.57. The average Bonchev–Trinajstić information content (AvgIpc) is 3.15. The van der Waals surface area contributed by atoms with Crippen LogP contribution >= 0.6 is 23.1 Å². The Kier molecular flexibility index (Phi) is 9.19. The van der Waals surface area contributed by atoms with Crippen LogP contribution in [0.25, 0.3) is 11.3 Å². The van der Waals surface area contributed by atoms with E-state index in [4.69, 9.17) is 9.41 Å². The number of carboxylic acids is 1. The van der Waals surface area contributed by atoms with Crippen molar-refractivity contribution in [3.63, 3.8) is 0 Å². The molecule has 0 saturated carbocycles. The summed E-state index contributed by atoms with van der Waals surface area (Å²) in [6.07, 6.45) is 5.60. The molecule has 0 aliphatic heterocycles. The first-order valence-corrected chi connectivity index (χ1v) is 15.1. The van der Waals surface area contributed by atoms with Crippen LogP contribution in [0.1, 0.15) is 46.5 Å². The molecule has 2 aromatic rings. The molecule has 30 heavy (non-hydrogen) atoms. The van der Waals surface area contributed by atoms with Crippen LogP contribution in [0.4, 0.5) is 0 Å². The predicted molar refractivity (Wildman–Crippen MR) is 131 cm³/mol. The molecule has 0 unspecified atom stereocenters. The summed E-state index contributed by atoms with van der Waals surface area (Å²) in [5, 5.41) is 11.6. The number of carbonyl (C=O) groups is 1. The molecule has 0 amide bonds. The van der Waals surface area contributed by atoms with Crippen LogP contribution in [-0.2, 0) is 9.22 Å². The minimum absolute atomic E-state index is 0.0189. The highest BCUT2D eigenvalue weighted by Gasteiger charge is 2.40. The number of hydrogen-bond donors (Lipinski definition) is 1. The molecule has 1 aromatic carbocycles. The Morgan fingerprint density at radius 3 is 2.53 bits per heavy atom. The molecule has 1 N–H and O–H groups in total. The van der Waals surface area contributed by atoms with Gasteiger partial charge in [0.2, 0.25) is 0 Å². The lowest BCUT2D eigenvalue weighted by Crippen LogP contribution is -2.41. The maximum Gasteiger partial charge on any atom is 0.369 e. The molecule has 2 rings (SSSR count). The van der Waals surface area contributed by atoms with Crippen LogP contribution in [0.3, 0.4) is 0 Å². The molecule has 1 heterocycles. The van der Waals surface area contributed by atoms with Gasteiger partial charge in [-0.1, -0.05) is 69.3 Å². The third kappa shape index (κ3) is 7.60. The van der Waals surface area contributed by atoms with Crippen molar-refractivity contribution in [3.05, 3.63) is 47.5 Å². The minimum atomic E-state index is -2.13. The molecule has 0 saturated heterocycles. The van der Waals surface area contributed by atoms with E-state index < -0.39 is 14.3 Å². The number of hydrogen-bond acceptors (Lipinski definition) is 5. The van der Waals surface area contributed by atoms with Crippen LogP contribution in [0.5, 0.6) is 0 Å². The molecule has 1 aromatic heterocycles. The topological polar surface area (TPSA) is 59.4 Å². The Balaban J connectivity index is 1.72. The van der Waals surface area contributed by atoms with E-state index in [9.17, 15) is 9.90 Å². The summed E-state index contributed by atoms with van der Waals surface area (Å²) in [4.78, 5) is 16.3. The fourth-order valence-corrected chi connectivity index (χ4v) is 5.41. The number of thioether (sulfide) groups is 1. The lowest BCUT2D eigenvalue weighted by molar-refractivity contribution is -0.135. The van der Waals surface area contributed by atoms with Crippen molar-refractivity contribution >= 4 is 37.4 Å². The Morgan fingerprint density at radius 1 is 1.20 bits per heavy atom. The molecule has 0 bridgehead atoms. The van der Waals surface area contributed by atoms with Gasteiger partial charge in [0, 0.05) is 16.7 Å². The van der Waals surface area contributed by atoms with E-state index in [1.807, 2.05) is 18.2 Å². The fraction of sp³-hybridized carbons (Fsp3) is 0.478. The summed E-state index contributed by atoms with van der Waals surface area (Å²) in [5.41, 5.74) is 2.19. The second-order valence-corrected chi connectivity index (χ2v) is 15.7. The van der Waals surface area contributed by atoms with Gasteiger partial charge in [-0.05, 0) is 43.5 Å². The van der Waals surface area contributed by atoms with Gasteiger partial charge in [0.05, 0.1) is 5.69 Å². The van der Waals surface area contributed by atoms with E-state index in [2.05, 4.69) is 51.4 Å². The third-order valence-electron chi connectivity index (χ3n) is 5.34. The van der Waals surface area contributed by atoms with Crippen molar-refractivity contribution in [3.8, 4) is 11.3 Å². The maximum absolute atomic E-state index is 11.6. The number of unbranched alkanes of at least 4 members (excludes halogenated alkanes) is 3. The number of rotatable bonds is 11. The molecule has 7 heteroatoms. The highest BCUT2D eigenvalue weighted by molar-refractivity contribution is 8.01. The van der Waals surface area contributed by atoms with Gasteiger partial charge in [-0.25, -0.2) is 9.78 Å². The molecule has 4 nitrogen and oxygen atoms in total. The Labute approximate surface area is 189 Å². The molecular weight excluding hydrogens is 430 g/mol. The van der Waals surface area contributed by atoms with E-state index in [0.29, 0.717) is 0 Å². The van der Waals surface area contributed by atoms with Gasteiger partial charge in [0.15, 0.2) is 10.1 Å². The number of aliphatic carboxylic acids is 1. The second kappa shape index (κ2) is 11.2. The number of aromatic nitrogens is 1. The number of allylic oxidation sites excluding steroid dienone is 1. The summed E-state index contributed by atoms with van der Waals surface area (Å²) in [6.45, 7) is 10.5. The first kappa shape index (κ1) is 24.7. The first-order valence-electron chi connectivity index (χ1n) is 10.4. The minimum Gasteiger partial charge on any atom is -0.539 e. The van der Waals surface area contributed by atoms with E-state index in [1.54, 1.807) is 29.2 Å². The lowest BCUT2D eigenvalue weighted by Gasteiger charge is -2.36. The predicted octanol–water partition coefficient (Wildman–Crippen LogP) is 7.45. The lowest BCUT2D eigenvalue weighted by atomic mass is 10.2. The highest BCUT2D eigenvalue weighted by Crippen LogP contribution is 2.38. The van der Waals surface area contributed by atoms with Crippen molar-refractivity contribution in [2.75, 3.05) is 5.75 Å². The fourth-order valence-electron chi connectivity index (χ4n) is 2.48. The van der Waals surface area contributed by atoms with Crippen LogP contribution in [0.2, 0.25) is 18.1 Å². The monoisotopic (exact) mass is 463 g/mol. The van der Waals surface area contributed by atoms with Crippen molar-refractivity contribution in [2.45, 2.75) is 68.9 Å². The first-order chi connectivity index (χ1) is 14.1. The smallest absolute Gasteiger partial charge is 0.369 e. The largest absolute Gasteiger partial charge is 0.539 e. The van der Waals surface area contributed by atoms with E-state index in [1.165, 1.54) is 0 Å². The van der Waals surface area contributed by atoms with Gasteiger partial charge in [-0.15, -0.1) is 11.3 Å². The summed E-state index contributed by atoms with van der Waals surface area (Å²) < 4.78 is 7.08. The van der Waals surface area contributed by atoms with E-state index in [0.717, 1.165) is 47.0 Å². The maximum atomic E-state index is 11.6. The van der Waals surface area contributed by atoms with Crippen LogP contribution in [0, 0.1) is 0 Å². The van der Waals surface area contributed by atoms with Gasteiger partial charge in [-0.3, -0.25) is 0 Å². The van der Waals surface area contributed by atoms with Crippen LogP contribution in [0.15, 0.2) is 51.9 Å². The summed E-state index contributed by atoms with van der Waals surface area (Å²) in [5.74, 6) is 0.179.